The highest BCUT2D eigenvalue weighted by molar-refractivity contribution is 6.33. The average molecular weight is 490 g/mol. The molecule has 7 nitrogen and oxygen atoms in total. The summed E-state index contributed by atoms with van der Waals surface area (Å²) >= 11 is 6.40. The van der Waals surface area contributed by atoms with Gasteiger partial charge in [0, 0.05) is 37.6 Å². The Bertz CT molecular complexity index is 1340. The van der Waals surface area contributed by atoms with Gasteiger partial charge in [0.2, 0.25) is 5.91 Å². The average Bonchev–Trinajstić information content (AvgIpc) is 3.32. The molecule has 4 aromatic rings. The lowest BCUT2D eigenvalue weighted by Gasteiger charge is -2.33. The van der Waals surface area contributed by atoms with Crippen molar-refractivity contribution in [2.75, 3.05) is 24.6 Å². The minimum absolute atomic E-state index is 0.0636. The Kier molecular flexibility index (Phi) is 6.86. The number of benzene rings is 2. The molecule has 8 heteroatoms. The monoisotopic (exact) mass is 489 g/mol. The zero-order valence-corrected chi connectivity index (χ0v) is 20.4. The molecule has 1 aliphatic rings. The van der Waals surface area contributed by atoms with E-state index in [4.69, 9.17) is 21.4 Å². The van der Waals surface area contributed by atoms with Gasteiger partial charge < -0.3 is 15.0 Å². The molecule has 1 atom stereocenters. The first-order valence-corrected chi connectivity index (χ1v) is 12.3. The summed E-state index contributed by atoms with van der Waals surface area (Å²) in [5, 5.41) is 8.48. The summed E-state index contributed by atoms with van der Waals surface area (Å²) in [4.78, 5) is 19.9. The largest absolute Gasteiger partial charge is 0.494 e. The van der Waals surface area contributed by atoms with Crippen LogP contribution in [0.3, 0.4) is 0 Å². The van der Waals surface area contributed by atoms with Gasteiger partial charge in [-0.1, -0.05) is 41.9 Å². The van der Waals surface area contributed by atoms with E-state index in [0.717, 1.165) is 53.3 Å². The van der Waals surface area contributed by atoms with E-state index in [1.165, 1.54) is 0 Å². The minimum atomic E-state index is -0.105. The van der Waals surface area contributed by atoms with Gasteiger partial charge in [0.1, 0.15) is 11.3 Å². The molecule has 5 rings (SSSR count). The van der Waals surface area contributed by atoms with Gasteiger partial charge in [-0.2, -0.15) is 5.10 Å². The fourth-order valence-electron chi connectivity index (χ4n) is 4.58. The number of anilines is 1. The number of carbonyl (C=O) groups excluding carboxylic acids is 1. The predicted molar refractivity (Wildman–Crippen MR) is 138 cm³/mol. The molecule has 2 aromatic heterocycles. The topological polar surface area (TPSA) is 71.8 Å². The molecule has 0 aliphatic carbocycles. The van der Waals surface area contributed by atoms with E-state index in [1.54, 1.807) is 6.20 Å². The number of aromatic nitrogens is 3. The van der Waals surface area contributed by atoms with Crippen LogP contribution in [0.1, 0.15) is 25.3 Å². The number of amides is 1. The SMILES string of the molecule is CCOc1cccc(CNC(=O)[C@H]2CCCN(c3nccn4nc(-c5ccccc5Cl)cc34)C2)c1. The number of carbonyl (C=O) groups is 1. The first-order valence-electron chi connectivity index (χ1n) is 12.0. The second-order valence-corrected chi connectivity index (χ2v) is 9.08. The summed E-state index contributed by atoms with van der Waals surface area (Å²) in [6, 6.07) is 17.5. The van der Waals surface area contributed by atoms with Crippen LogP contribution in [0.5, 0.6) is 5.75 Å². The summed E-state index contributed by atoms with van der Waals surface area (Å²) in [7, 11) is 0. The molecule has 35 heavy (non-hydrogen) atoms. The number of ether oxygens (including phenoxy) is 1. The van der Waals surface area contributed by atoms with Gasteiger partial charge in [0.25, 0.3) is 0 Å². The molecular formula is C27H28ClN5O2. The third-order valence-corrected chi connectivity index (χ3v) is 6.62. The molecule has 1 amide bonds. The lowest BCUT2D eigenvalue weighted by atomic mass is 9.97. The molecule has 1 N–H and O–H groups in total. The number of hydrogen-bond donors (Lipinski definition) is 1. The van der Waals surface area contributed by atoms with Crippen LogP contribution in [0.25, 0.3) is 16.8 Å². The van der Waals surface area contributed by atoms with Crippen molar-refractivity contribution in [2.45, 2.75) is 26.3 Å². The second-order valence-electron chi connectivity index (χ2n) is 8.67. The Hall–Kier alpha value is -3.58. The van der Waals surface area contributed by atoms with E-state index >= 15 is 0 Å². The number of rotatable bonds is 7. The van der Waals surface area contributed by atoms with Crippen molar-refractivity contribution in [3.63, 3.8) is 0 Å². The van der Waals surface area contributed by atoms with Gasteiger partial charge in [0.05, 0.1) is 23.2 Å². The van der Waals surface area contributed by atoms with Crippen LogP contribution in [0.15, 0.2) is 67.0 Å². The molecule has 2 aromatic carbocycles. The standard InChI is InChI=1S/C27H28ClN5O2/c1-2-35-21-9-5-7-19(15-21)17-30-27(34)20-8-6-13-32(18-20)26-25-16-24(31-33(25)14-12-29-26)22-10-3-4-11-23(22)28/h3-5,7,9-12,14-16,20H,2,6,8,13,17-18H2,1H3,(H,30,34)/t20-/m0/s1. The van der Waals surface area contributed by atoms with Crippen molar-refractivity contribution in [2.24, 2.45) is 5.92 Å². The molecule has 1 aliphatic heterocycles. The van der Waals surface area contributed by atoms with Crippen LogP contribution in [-0.4, -0.2) is 40.2 Å². The van der Waals surface area contributed by atoms with Crippen LogP contribution in [0.4, 0.5) is 5.82 Å². The molecule has 0 bridgehead atoms. The van der Waals surface area contributed by atoms with Crippen LogP contribution < -0.4 is 15.0 Å². The maximum Gasteiger partial charge on any atom is 0.225 e. The van der Waals surface area contributed by atoms with Gasteiger partial charge in [-0.05, 0) is 49.6 Å². The maximum atomic E-state index is 13.0. The molecule has 0 unspecified atom stereocenters. The summed E-state index contributed by atoms with van der Waals surface area (Å²) in [5.74, 6) is 1.61. The number of fused-ring (bicyclic) bond motifs is 1. The lowest BCUT2D eigenvalue weighted by molar-refractivity contribution is -0.125. The van der Waals surface area contributed by atoms with E-state index in [9.17, 15) is 4.79 Å². The smallest absolute Gasteiger partial charge is 0.225 e. The van der Waals surface area contributed by atoms with Crippen molar-refractivity contribution >= 4 is 28.8 Å². The lowest BCUT2D eigenvalue weighted by Crippen LogP contribution is -2.43. The van der Waals surface area contributed by atoms with Gasteiger partial charge in [-0.25, -0.2) is 9.50 Å². The zero-order valence-electron chi connectivity index (χ0n) is 19.7. The quantitative estimate of drug-likeness (QED) is 0.396. The molecular weight excluding hydrogens is 462 g/mol. The van der Waals surface area contributed by atoms with Gasteiger partial charge in [-0.3, -0.25) is 4.79 Å². The second kappa shape index (κ2) is 10.4. The van der Waals surface area contributed by atoms with E-state index in [2.05, 4.69) is 15.2 Å². The maximum absolute atomic E-state index is 13.0. The first-order chi connectivity index (χ1) is 17.1. The third kappa shape index (κ3) is 5.10. The fourth-order valence-corrected chi connectivity index (χ4v) is 4.81. The number of nitrogens with one attached hydrogen (secondary N) is 1. The van der Waals surface area contributed by atoms with E-state index in [1.807, 2.05) is 72.2 Å². The third-order valence-electron chi connectivity index (χ3n) is 6.29. The Balaban J connectivity index is 1.30. The van der Waals surface area contributed by atoms with Gasteiger partial charge >= 0.3 is 0 Å². The van der Waals surface area contributed by atoms with Crippen LogP contribution >= 0.6 is 11.6 Å². The van der Waals surface area contributed by atoms with Crippen LogP contribution in [0.2, 0.25) is 5.02 Å². The Labute approximate surface area is 209 Å². The van der Waals surface area contributed by atoms with E-state index in [0.29, 0.717) is 24.7 Å². The first kappa shape index (κ1) is 23.2. The summed E-state index contributed by atoms with van der Waals surface area (Å²) < 4.78 is 7.39. The van der Waals surface area contributed by atoms with Crippen LogP contribution in [0, 0.1) is 5.92 Å². The number of hydrogen-bond acceptors (Lipinski definition) is 5. The van der Waals surface area contributed by atoms with Crippen molar-refractivity contribution in [1.82, 2.24) is 19.9 Å². The minimum Gasteiger partial charge on any atom is -0.494 e. The number of halogens is 1. The molecule has 3 heterocycles. The molecule has 1 fully saturated rings. The summed E-state index contributed by atoms with van der Waals surface area (Å²) in [6.07, 6.45) is 5.37. The van der Waals surface area contributed by atoms with Gasteiger partial charge in [0.15, 0.2) is 5.82 Å². The fraction of sp³-hybridized carbons (Fsp3) is 0.296. The van der Waals surface area contributed by atoms with E-state index < -0.39 is 0 Å². The molecule has 0 radical (unpaired) electrons. The predicted octanol–water partition coefficient (Wildman–Crippen LogP) is 4.98. The normalized spacial score (nSPS) is 15.8. The van der Waals surface area contributed by atoms with Crippen molar-refractivity contribution in [1.29, 1.82) is 0 Å². The highest BCUT2D eigenvalue weighted by Crippen LogP contribution is 2.31. The Morgan fingerprint density at radius 2 is 2.09 bits per heavy atom. The molecule has 0 spiro atoms. The highest BCUT2D eigenvalue weighted by Gasteiger charge is 2.28. The number of nitrogens with zero attached hydrogens (tertiary/aromatic N) is 4. The molecule has 1 saturated heterocycles. The molecule has 180 valence electrons. The van der Waals surface area contributed by atoms with Crippen LogP contribution in [-0.2, 0) is 11.3 Å². The highest BCUT2D eigenvalue weighted by atomic mass is 35.5. The number of piperidine rings is 1. The van der Waals surface area contributed by atoms with Crippen molar-refractivity contribution in [3.05, 3.63) is 77.6 Å². The molecule has 0 saturated carbocycles. The Morgan fingerprint density at radius 3 is 2.94 bits per heavy atom. The van der Waals surface area contributed by atoms with E-state index in [-0.39, 0.29) is 11.8 Å². The van der Waals surface area contributed by atoms with Gasteiger partial charge in [-0.15, -0.1) is 0 Å². The van der Waals surface area contributed by atoms with Crippen molar-refractivity contribution in [3.8, 4) is 17.0 Å². The summed E-state index contributed by atoms with van der Waals surface area (Å²) in [5.41, 5.74) is 3.60. The summed E-state index contributed by atoms with van der Waals surface area (Å²) in [6.45, 7) is 4.52. The van der Waals surface area contributed by atoms with Crippen molar-refractivity contribution < 1.29 is 9.53 Å². The Morgan fingerprint density at radius 1 is 1.20 bits per heavy atom. The zero-order chi connectivity index (χ0) is 24.2.